The maximum Gasteiger partial charge on any atom is 0.306 e. The van der Waals surface area contributed by atoms with Crippen molar-refractivity contribution in [3.05, 3.63) is 134 Å². The van der Waals surface area contributed by atoms with Gasteiger partial charge in [0, 0.05) is 19.3 Å². The molecule has 6 nitrogen and oxygen atoms in total. The first-order chi connectivity index (χ1) is 33.0. The second-order valence-electron chi connectivity index (χ2n) is 17.0. The minimum absolute atomic E-state index is 0.117. The molecular formula is C61H96O6. The van der Waals surface area contributed by atoms with Gasteiger partial charge in [0.2, 0.25) is 0 Å². The third kappa shape index (κ3) is 52.4. The van der Waals surface area contributed by atoms with E-state index >= 15 is 0 Å². The first-order valence-electron chi connectivity index (χ1n) is 26.7. The van der Waals surface area contributed by atoms with Crippen LogP contribution >= 0.6 is 0 Å². The summed E-state index contributed by atoms with van der Waals surface area (Å²) in [6.07, 6.45) is 75.9. The SMILES string of the molecule is CC/C=C\C/C=C\C/C=C\C/C=C\CCCCCCCCC(=O)OCC(COC(=O)CC/C=C\C/C=C\C/C=C\C/C=C\CC)OC(=O)CCCCCCCCC/C=C\C/C=C\C/C=C\CC. The molecule has 0 aromatic carbocycles. The van der Waals surface area contributed by atoms with Crippen LogP contribution in [0.3, 0.4) is 0 Å². The van der Waals surface area contributed by atoms with Gasteiger partial charge in [-0.3, -0.25) is 14.4 Å². The number of carbonyl (C=O) groups excluding carboxylic acids is 3. The summed E-state index contributed by atoms with van der Waals surface area (Å²) in [5.74, 6) is -1.03. The molecule has 376 valence electrons. The van der Waals surface area contributed by atoms with E-state index in [-0.39, 0.29) is 37.5 Å². The average Bonchev–Trinajstić information content (AvgIpc) is 3.33. The predicted molar refractivity (Wildman–Crippen MR) is 288 cm³/mol. The molecule has 0 bridgehead atoms. The highest BCUT2D eigenvalue weighted by Gasteiger charge is 2.19. The van der Waals surface area contributed by atoms with E-state index in [4.69, 9.17) is 14.2 Å². The van der Waals surface area contributed by atoms with Gasteiger partial charge in [-0.25, -0.2) is 0 Å². The number of allylic oxidation sites excluding steroid dienone is 22. The molecule has 6 heteroatoms. The van der Waals surface area contributed by atoms with E-state index in [2.05, 4.69) is 142 Å². The van der Waals surface area contributed by atoms with Gasteiger partial charge in [0.25, 0.3) is 0 Å². The van der Waals surface area contributed by atoms with Crippen LogP contribution in [0.15, 0.2) is 134 Å². The molecule has 0 aliphatic rings. The Morgan fingerprint density at radius 1 is 0.299 bits per heavy atom. The fourth-order valence-electron chi connectivity index (χ4n) is 6.75. The Kier molecular flexibility index (Phi) is 50.6. The van der Waals surface area contributed by atoms with Crippen LogP contribution in [0.25, 0.3) is 0 Å². The van der Waals surface area contributed by atoms with Gasteiger partial charge in [0.15, 0.2) is 6.10 Å². The van der Waals surface area contributed by atoms with Gasteiger partial charge in [-0.2, -0.15) is 0 Å². The molecule has 0 fully saturated rings. The number of hydrogen-bond acceptors (Lipinski definition) is 6. The van der Waals surface area contributed by atoms with Crippen LogP contribution in [0.2, 0.25) is 0 Å². The third-order valence-corrected chi connectivity index (χ3v) is 10.6. The highest BCUT2D eigenvalue weighted by Crippen LogP contribution is 2.13. The molecule has 0 rings (SSSR count). The molecule has 0 aromatic rings. The molecule has 1 unspecified atom stereocenters. The summed E-state index contributed by atoms with van der Waals surface area (Å²) in [5, 5.41) is 0. The second kappa shape index (κ2) is 54.2. The van der Waals surface area contributed by atoms with E-state index in [1.165, 1.54) is 32.1 Å². The maximum absolute atomic E-state index is 12.8. The molecule has 0 aliphatic heterocycles. The zero-order valence-corrected chi connectivity index (χ0v) is 42.9. The summed E-state index contributed by atoms with van der Waals surface area (Å²) in [5.41, 5.74) is 0. The number of ether oxygens (including phenoxy) is 3. The van der Waals surface area contributed by atoms with E-state index in [9.17, 15) is 14.4 Å². The summed E-state index contributed by atoms with van der Waals surface area (Å²) >= 11 is 0. The first-order valence-corrected chi connectivity index (χ1v) is 26.7. The van der Waals surface area contributed by atoms with Crippen molar-refractivity contribution >= 4 is 17.9 Å². The van der Waals surface area contributed by atoms with Crippen LogP contribution in [-0.2, 0) is 28.6 Å². The standard InChI is InChI=1S/C61H96O6/c1-4-7-10-13-16-19-22-25-27-29-30-32-33-36-39-42-45-48-51-54-60(63)66-57-58(56-65-59(62)53-50-47-44-41-38-35-24-21-18-15-12-9-6-3)67-61(64)55-52-49-46-43-40-37-34-31-28-26-23-20-17-14-11-8-5-2/h7-12,16-21,25-28,30,32,35,38,44,47,58H,4-6,13-15,22-24,29,31,33-34,36-37,39-43,45-46,48-57H2,1-3H3/b10-7-,11-8-,12-9-,19-16-,20-17-,21-18-,27-25-,28-26-,32-30-,38-35-,47-44-. The Morgan fingerprint density at radius 3 is 0.925 bits per heavy atom. The lowest BCUT2D eigenvalue weighted by atomic mass is 10.1. The van der Waals surface area contributed by atoms with Gasteiger partial charge in [-0.1, -0.05) is 212 Å². The van der Waals surface area contributed by atoms with Crippen LogP contribution in [0.4, 0.5) is 0 Å². The summed E-state index contributed by atoms with van der Waals surface area (Å²) in [4.78, 5) is 38.0. The largest absolute Gasteiger partial charge is 0.462 e. The monoisotopic (exact) mass is 925 g/mol. The van der Waals surface area contributed by atoms with Gasteiger partial charge in [-0.15, -0.1) is 0 Å². The van der Waals surface area contributed by atoms with E-state index in [1.807, 2.05) is 12.2 Å². The zero-order chi connectivity index (χ0) is 48.6. The molecule has 0 radical (unpaired) electrons. The van der Waals surface area contributed by atoms with E-state index in [1.54, 1.807) is 0 Å². The molecule has 0 saturated carbocycles. The third-order valence-electron chi connectivity index (χ3n) is 10.6. The number of rotatable bonds is 46. The zero-order valence-electron chi connectivity index (χ0n) is 42.9. The molecule has 0 heterocycles. The van der Waals surface area contributed by atoms with Crippen molar-refractivity contribution in [2.75, 3.05) is 13.2 Å². The summed E-state index contributed by atoms with van der Waals surface area (Å²) in [6, 6.07) is 0. The van der Waals surface area contributed by atoms with Gasteiger partial charge in [-0.05, 0) is 116 Å². The van der Waals surface area contributed by atoms with Crippen molar-refractivity contribution in [2.24, 2.45) is 0 Å². The van der Waals surface area contributed by atoms with Crippen LogP contribution < -0.4 is 0 Å². The Labute approximate surface area is 411 Å². The lowest BCUT2D eigenvalue weighted by Gasteiger charge is -2.18. The molecule has 0 spiro atoms. The van der Waals surface area contributed by atoms with Crippen molar-refractivity contribution in [2.45, 2.75) is 219 Å². The molecule has 0 N–H and O–H groups in total. The minimum atomic E-state index is -0.823. The smallest absolute Gasteiger partial charge is 0.306 e. The molecule has 0 saturated heterocycles. The van der Waals surface area contributed by atoms with Crippen molar-refractivity contribution in [1.82, 2.24) is 0 Å². The summed E-state index contributed by atoms with van der Waals surface area (Å²) in [7, 11) is 0. The van der Waals surface area contributed by atoms with Crippen LogP contribution in [0.1, 0.15) is 213 Å². The Hall–Kier alpha value is -4.45. The van der Waals surface area contributed by atoms with Crippen LogP contribution in [0.5, 0.6) is 0 Å². The van der Waals surface area contributed by atoms with Crippen molar-refractivity contribution in [3.8, 4) is 0 Å². The maximum atomic E-state index is 12.8. The molecule has 0 aliphatic carbocycles. The second-order valence-corrected chi connectivity index (χ2v) is 17.0. The van der Waals surface area contributed by atoms with Crippen LogP contribution in [0, 0.1) is 0 Å². The predicted octanol–water partition coefficient (Wildman–Crippen LogP) is 17.9. The van der Waals surface area contributed by atoms with Crippen molar-refractivity contribution < 1.29 is 28.6 Å². The number of unbranched alkanes of at least 4 members (excludes halogenated alkanes) is 13. The fraction of sp³-hybridized carbons (Fsp3) is 0.590. The Morgan fingerprint density at radius 2 is 0.567 bits per heavy atom. The average molecular weight is 925 g/mol. The van der Waals surface area contributed by atoms with Crippen molar-refractivity contribution in [3.63, 3.8) is 0 Å². The van der Waals surface area contributed by atoms with Gasteiger partial charge in [0.1, 0.15) is 13.2 Å². The number of hydrogen-bond donors (Lipinski definition) is 0. The Bertz CT molecular complexity index is 1480. The highest BCUT2D eigenvalue weighted by molar-refractivity contribution is 5.71. The summed E-state index contributed by atoms with van der Waals surface area (Å²) in [6.45, 7) is 6.20. The van der Waals surface area contributed by atoms with Gasteiger partial charge >= 0.3 is 17.9 Å². The number of carbonyl (C=O) groups is 3. The highest BCUT2D eigenvalue weighted by atomic mass is 16.6. The molecule has 1 atom stereocenters. The molecular weight excluding hydrogens is 829 g/mol. The van der Waals surface area contributed by atoms with E-state index in [0.29, 0.717) is 19.3 Å². The summed E-state index contributed by atoms with van der Waals surface area (Å²) < 4.78 is 16.7. The molecule has 0 aromatic heterocycles. The lowest BCUT2D eigenvalue weighted by molar-refractivity contribution is -0.166. The first kappa shape index (κ1) is 62.5. The van der Waals surface area contributed by atoms with Crippen LogP contribution in [-0.4, -0.2) is 37.2 Å². The fourth-order valence-corrected chi connectivity index (χ4v) is 6.75. The minimum Gasteiger partial charge on any atom is -0.462 e. The molecule has 67 heavy (non-hydrogen) atoms. The number of esters is 3. The lowest BCUT2D eigenvalue weighted by Crippen LogP contribution is -2.30. The molecule has 0 amide bonds. The van der Waals surface area contributed by atoms with E-state index in [0.717, 1.165) is 135 Å². The van der Waals surface area contributed by atoms with Gasteiger partial charge in [0.05, 0.1) is 0 Å². The van der Waals surface area contributed by atoms with Crippen molar-refractivity contribution in [1.29, 1.82) is 0 Å². The normalized spacial score (nSPS) is 13.2. The Balaban J connectivity index is 4.51. The van der Waals surface area contributed by atoms with Gasteiger partial charge < -0.3 is 14.2 Å². The topological polar surface area (TPSA) is 78.9 Å². The quantitative estimate of drug-likeness (QED) is 0.0262. The van der Waals surface area contributed by atoms with E-state index < -0.39 is 6.10 Å².